The van der Waals surface area contributed by atoms with Crippen molar-refractivity contribution in [3.05, 3.63) is 58.7 Å². The number of allylic oxidation sites excluding steroid dienone is 10. The molecule has 0 fully saturated rings. The van der Waals surface area contributed by atoms with Gasteiger partial charge in [0.1, 0.15) is 5.33 Å². The number of rotatable bonds is 17. The van der Waals surface area contributed by atoms with Gasteiger partial charge in [-0.15, -0.1) is 0 Å². The minimum atomic E-state index is -0.197. The number of ether oxygens (including phenoxy) is 1. The van der Waals surface area contributed by atoms with Gasteiger partial charge >= 0.3 is 5.97 Å². The second-order valence-electron chi connectivity index (χ2n) is 9.26. The third-order valence-corrected chi connectivity index (χ3v) is 5.89. The fourth-order valence-electron chi connectivity index (χ4n) is 3.36. The highest BCUT2D eigenvalue weighted by molar-refractivity contribution is 9.09. The van der Waals surface area contributed by atoms with Gasteiger partial charge in [-0.1, -0.05) is 88.0 Å². The van der Waals surface area contributed by atoms with Crippen LogP contribution in [0.4, 0.5) is 0 Å². The van der Waals surface area contributed by atoms with Crippen molar-refractivity contribution in [2.24, 2.45) is 5.92 Å². The zero-order valence-corrected chi connectivity index (χ0v) is 23.1. The Morgan fingerprint density at radius 2 is 1.56 bits per heavy atom. The Bertz CT molecular complexity index is 661. The lowest BCUT2D eigenvalue weighted by Crippen LogP contribution is -2.06. The first kappa shape index (κ1) is 30.6. The summed E-state index contributed by atoms with van der Waals surface area (Å²) < 4.78 is 5.06. The maximum Gasteiger partial charge on any atom is 0.316 e. The molecular formula is C29H47BrO2. The van der Waals surface area contributed by atoms with E-state index in [0.29, 0.717) is 6.61 Å². The molecule has 0 aliphatic heterocycles. The molecule has 1 unspecified atom stereocenters. The number of alkyl halides is 1. The monoisotopic (exact) mass is 506 g/mol. The first-order chi connectivity index (χ1) is 15.2. The van der Waals surface area contributed by atoms with E-state index in [0.717, 1.165) is 31.6 Å². The summed E-state index contributed by atoms with van der Waals surface area (Å²) in [4.78, 5) is 11.1. The van der Waals surface area contributed by atoms with E-state index in [1.807, 2.05) is 0 Å². The first-order valence-corrected chi connectivity index (χ1v) is 13.4. The van der Waals surface area contributed by atoms with Crippen LogP contribution in [-0.2, 0) is 9.53 Å². The van der Waals surface area contributed by atoms with Crippen LogP contribution in [0.3, 0.4) is 0 Å². The van der Waals surface area contributed by atoms with E-state index >= 15 is 0 Å². The number of carbonyl (C=O) groups is 1. The highest BCUT2D eigenvalue weighted by atomic mass is 79.9. The zero-order chi connectivity index (χ0) is 24.2. The van der Waals surface area contributed by atoms with Crippen LogP contribution in [0.1, 0.15) is 99.3 Å². The molecule has 0 aliphatic rings. The molecule has 2 nitrogen and oxygen atoms in total. The summed E-state index contributed by atoms with van der Waals surface area (Å²) in [7, 11) is 0. The van der Waals surface area contributed by atoms with Crippen molar-refractivity contribution in [2.45, 2.75) is 99.3 Å². The molecule has 0 heterocycles. The number of hydrogen-bond donors (Lipinski definition) is 0. The van der Waals surface area contributed by atoms with Crippen molar-refractivity contribution < 1.29 is 9.53 Å². The van der Waals surface area contributed by atoms with Crippen molar-refractivity contribution in [1.82, 2.24) is 0 Å². The van der Waals surface area contributed by atoms with Gasteiger partial charge in [-0.05, 0) is 91.9 Å². The van der Waals surface area contributed by atoms with Crippen LogP contribution in [0.25, 0.3) is 0 Å². The van der Waals surface area contributed by atoms with Crippen LogP contribution in [0.5, 0.6) is 0 Å². The molecule has 0 aromatic rings. The molecule has 0 saturated carbocycles. The van der Waals surface area contributed by atoms with Crippen molar-refractivity contribution in [3.8, 4) is 0 Å². The van der Waals surface area contributed by atoms with Gasteiger partial charge in [0.25, 0.3) is 0 Å². The highest BCUT2D eigenvalue weighted by Crippen LogP contribution is 2.18. The van der Waals surface area contributed by atoms with Gasteiger partial charge in [-0.3, -0.25) is 4.79 Å². The molecule has 0 rings (SSSR count). The molecule has 0 aliphatic carbocycles. The summed E-state index contributed by atoms with van der Waals surface area (Å²) in [6, 6.07) is 0. The van der Waals surface area contributed by atoms with Crippen LogP contribution in [-0.4, -0.2) is 17.9 Å². The van der Waals surface area contributed by atoms with Crippen LogP contribution >= 0.6 is 15.9 Å². The number of esters is 1. The minimum Gasteiger partial charge on any atom is -0.465 e. The Hall–Kier alpha value is -1.35. The molecule has 0 radical (unpaired) electrons. The molecule has 0 saturated heterocycles. The Balaban J connectivity index is 4.04. The second kappa shape index (κ2) is 20.3. The van der Waals surface area contributed by atoms with Crippen molar-refractivity contribution >= 4 is 21.9 Å². The number of halogens is 1. The SMILES string of the molecule is CC(C)=CCCC(C)CCC/C(C)=C/CC/C=C(C)/C=C/C=C(\C)CCCOC(=O)CBr. The highest BCUT2D eigenvalue weighted by Gasteiger charge is 2.01. The first-order valence-electron chi connectivity index (χ1n) is 12.3. The lowest BCUT2D eigenvalue weighted by molar-refractivity contribution is -0.140. The Kier molecular flexibility index (Phi) is 19.4. The van der Waals surface area contributed by atoms with Crippen LogP contribution in [0.15, 0.2) is 58.7 Å². The normalized spacial score (nSPS) is 14.0. The smallest absolute Gasteiger partial charge is 0.316 e. The summed E-state index contributed by atoms with van der Waals surface area (Å²) >= 11 is 3.09. The maximum atomic E-state index is 11.1. The minimum absolute atomic E-state index is 0.197. The average Bonchev–Trinajstić information content (AvgIpc) is 2.73. The van der Waals surface area contributed by atoms with Crippen LogP contribution < -0.4 is 0 Å². The van der Waals surface area contributed by atoms with Crippen molar-refractivity contribution in [1.29, 1.82) is 0 Å². The Morgan fingerprint density at radius 3 is 2.25 bits per heavy atom. The summed E-state index contributed by atoms with van der Waals surface area (Å²) in [6.45, 7) is 13.8. The van der Waals surface area contributed by atoms with Gasteiger partial charge in [-0.2, -0.15) is 0 Å². The molecule has 0 N–H and O–H groups in total. The fourth-order valence-corrected chi connectivity index (χ4v) is 3.53. The van der Waals surface area contributed by atoms with Crippen molar-refractivity contribution in [2.75, 3.05) is 11.9 Å². The van der Waals surface area contributed by atoms with Gasteiger partial charge < -0.3 is 4.74 Å². The molecule has 0 spiro atoms. The average molecular weight is 508 g/mol. The Labute approximate surface area is 207 Å². The molecule has 0 bridgehead atoms. The summed E-state index contributed by atoms with van der Waals surface area (Å²) in [5, 5.41) is 0.266. The molecule has 182 valence electrons. The van der Waals surface area contributed by atoms with E-state index in [2.05, 4.69) is 93.9 Å². The van der Waals surface area contributed by atoms with Gasteiger partial charge in [0.2, 0.25) is 0 Å². The molecule has 0 aromatic heterocycles. The van der Waals surface area contributed by atoms with Crippen LogP contribution in [0.2, 0.25) is 0 Å². The van der Waals surface area contributed by atoms with E-state index in [1.165, 1.54) is 54.4 Å². The van der Waals surface area contributed by atoms with E-state index in [-0.39, 0.29) is 11.3 Å². The second-order valence-corrected chi connectivity index (χ2v) is 9.82. The predicted octanol–water partition coefficient (Wildman–Crippen LogP) is 9.43. The zero-order valence-electron chi connectivity index (χ0n) is 21.5. The molecular weight excluding hydrogens is 460 g/mol. The largest absolute Gasteiger partial charge is 0.465 e. The summed E-state index contributed by atoms with van der Waals surface area (Å²) in [5.74, 6) is 0.628. The van der Waals surface area contributed by atoms with Crippen molar-refractivity contribution in [3.63, 3.8) is 0 Å². The molecule has 3 heteroatoms. The molecule has 0 aromatic carbocycles. The topological polar surface area (TPSA) is 26.3 Å². The third kappa shape index (κ3) is 20.5. The predicted molar refractivity (Wildman–Crippen MR) is 145 cm³/mol. The van der Waals surface area contributed by atoms with Gasteiger partial charge in [0, 0.05) is 0 Å². The van der Waals surface area contributed by atoms with E-state index in [1.54, 1.807) is 0 Å². The van der Waals surface area contributed by atoms with Gasteiger partial charge in [-0.25, -0.2) is 0 Å². The van der Waals surface area contributed by atoms with E-state index in [4.69, 9.17) is 4.74 Å². The third-order valence-electron chi connectivity index (χ3n) is 5.43. The lowest BCUT2D eigenvalue weighted by Gasteiger charge is -2.10. The van der Waals surface area contributed by atoms with Gasteiger partial charge in [0.05, 0.1) is 6.61 Å². The van der Waals surface area contributed by atoms with Gasteiger partial charge in [0.15, 0.2) is 0 Å². The fraction of sp³-hybridized carbons (Fsp3) is 0.621. The number of hydrogen-bond acceptors (Lipinski definition) is 2. The number of unbranched alkanes of at least 4 members (excludes halogenated alkanes) is 1. The molecule has 0 amide bonds. The van der Waals surface area contributed by atoms with Crippen LogP contribution in [0, 0.1) is 5.92 Å². The summed E-state index contributed by atoms with van der Waals surface area (Å²) in [5.41, 5.74) is 5.57. The van der Waals surface area contributed by atoms with E-state index in [9.17, 15) is 4.79 Å². The summed E-state index contributed by atoms with van der Waals surface area (Å²) in [6.07, 6.45) is 23.9. The lowest BCUT2D eigenvalue weighted by atomic mass is 9.96. The molecule has 1 atom stereocenters. The molecule has 32 heavy (non-hydrogen) atoms. The standard InChI is InChI=1S/C29H47BrO2/c1-24(2)13-9-16-27(5)19-10-17-25(3)14-7-8-15-26(4)18-11-20-28(6)21-12-22-32-29(31)23-30/h11,13-15,18,20,27H,7-10,12,16-17,19,21-23H2,1-6H3/b18-11+,25-14+,26-15+,28-20+. The maximum absolute atomic E-state index is 11.1. The quantitative estimate of drug-likeness (QED) is 0.0644. The van der Waals surface area contributed by atoms with E-state index < -0.39 is 0 Å². The Morgan fingerprint density at radius 1 is 0.875 bits per heavy atom. The number of carbonyl (C=O) groups excluding carboxylic acids is 1.